The van der Waals surface area contributed by atoms with E-state index in [1.54, 1.807) is 6.92 Å². The van der Waals surface area contributed by atoms with Crippen LogP contribution in [0.1, 0.15) is 30.7 Å². The van der Waals surface area contributed by atoms with E-state index in [1.807, 2.05) is 4.90 Å². The third-order valence-corrected chi connectivity index (χ3v) is 6.53. The highest BCUT2D eigenvalue weighted by atomic mass is 35.5. The van der Waals surface area contributed by atoms with Crippen LogP contribution in [-0.4, -0.2) is 40.2 Å². The molecule has 3 aromatic rings. The van der Waals surface area contributed by atoms with Gasteiger partial charge in [-0.15, -0.1) is 0 Å². The summed E-state index contributed by atoms with van der Waals surface area (Å²) in [5.41, 5.74) is 3.08. The molecule has 33 heavy (non-hydrogen) atoms. The van der Waals surface area contributed by atoms with Gasteiger partial charge >= 0.3 is 6.18 Å². The summed E-state index contributed by atoms with van der Waals surface area (Å²) in [6.07, 6.45) is -0.754. The zero-order valence-corrected chi connectivity index (χ0v) is 18.4. The van der Waals surface area contributed by atoms with Gasteiger partial charge in [-0.3, -0.25) is 4.98 Å². The number of hydrogen-bond acceptors (Lipinski definition) is 6. The number of halogens is 5. The highest BCUT2D eigenvalue weighted by Crippen LogP contribution is 2.44. The number of hydrogen-bond donors (Lipinski definition) is 1. The molecule has 2 aromatic heterocycles. The summed E-state index contributed by atoms with van der Waals surface area (Å²) in [7, 11) is 0. The van der Waals surface area contributed by atoms with Crippen LogP contribution in [0.5, 0.6) is 0 Å². The van der Waals surface area contributed by atoms with Crippen molar-refractivity contribution in [2.45, 2.75) is 38.0 Å². The van der Waals surface area contributed by atoms with E-state index in [9.17, 15) is 13.2 Å². The summed E-state index contributed by atoms with van der Waals surface area (Å²) in [6.45, 7) is 3.62. The number of rotatable bonds is 2. The summed E-state index contributed by atoms with van der Waals surface area (Å²) in [6, 6.07) is 2.00. The SMILES string of the molecule is Cc1nc(N2CCCC3(CCO3)C2)c2cnc(-c3cc(N)cc(Cl)c3C(F)(F)F)c(F)c2n1. The average molecular weight is 482 g/mol. The van der Waals surface area contributed by atoms with Crippen molar-refractivity contribution in [3.05, 3.63) is 40.6 Å². The smallest absolute Gasteiger partial charge is 0.399 e. The fourth-order valence-electron chi connectivity index (χ4n) is 4.67. The molecule has 4 heterocycles. The molecule has 1 unspecified atom stereocenters. The molecule has 2 aliphatic heterocycles. The summed E-state index contributed by atoms with van der Waals surface area (Å²) < 4.78 is 62.7. The fraction of sp³-hybridized carbons (Fsp3) is 0.409. The number of piperidine rings is 1. The first-order valence-electron chi connectivity index (χ1n) is 10.5. The third kappa shape index (κ3) is 3.74. The van der Waals surface area contributed by atoms with Crippen LogP contribution in [0.15, 0.2) is 18.3 Å². The van der Waals surface area contributed by atoms with Gasteiger partial charge in [0.2, 0.25) is 0 Å². The summed E-state index contributed by atoms with van der Waals surface area (Å²) in [5, 5.41) is -0.306. The lowest BCUT2D eigenvalue weighted by Crippen LogP contribution is -2.56. The molecular formula is C22H20ClF4N5O. The molecule has 1 atom stereocenters. The molecule has 0 radical (unpaired) electrons. The zero-order chi connectivity index (χ0) is 23.5. The molecular weight excluding hydrogens is 462 g/mol. The molecule has 2 N–H and O–H groups in total. The van der Waals surface area contributed by atoms with Gasteiger partial charge in [0, 0.05) is 37.0 Å². The van der Waals surface area contributed by atoms with E-state index in [1.165, 1.54) is 6.20 Å². The van der Waals surface area contributed by atoms with Crippen LogP contribution < -0.4 is 10.6 Å². The number of alkyl halides is 3. The van der Waals surface area contributed by atoms with Gasteiger partial charge in [-0.2, -0.15) is 13.2 Å². The fourth-order valence-corrected chi connectivity index (χ4v) is 5.01. The molecule has 174 valence electrons. The number of ether oxygens (including phenoxy) is 1. The maximum absolute atomic E-state index is 15.7. The van der Waals surface area contributed by atoms with Crippen LogP contribution in [0, 0.1) is 12.7 Å². The molecule has 2 fully saturated rings. The second kappa shape index (κ2) is 7.66. The van der Waals surface area contributed by atoms with Crippen LogP contribution in [0.3, 0.4) is 0 Å². The largest absolute Gasteiger partial charge is 0.418 e. The number of aromatic nitrogens is 3. The highest BCUT2D eigenvalue weighted by molar-refractivity contribution is 6.32. The monoisotopic (exact) mass is 481 g/mol. The Hall–Kier alpha value is -2.72. The number of aryl methyl sites for hydroxylation is 1. The Bertz CT molecular complexity index is 1260. The van der Waals surface area contributed by atoms with Gasteiger partial charge in [0.05, 0.1) is 28.2 Å². The van der Waals surface area contributed by atoms with Crippen LogP contribution in [0.2, 0.25) is 5.02 Å². The molecule has 0 bridgehead atoms. The molecule has 0 amide bonds. The molecule has 0 aliphatic carbocycles. The molecule has 2 aliphatic rings. The van der Waals surface area contributed by atoms with Crippen LogP contribution in [0.25, 0.3) is 22.2 Å². The van der Waals surface area contributed by atoms with Crippen molar-refractivity contribution in [1.29, 1.82) is 0 Å². The molecule has 1 aromatic carbocycles. The van der Waals surface area contributed by atoms with Gasteiger partial charge in [0.1, 0.15) is 22.9 Å². The maximum atomic E-state index is 15.7. The zero-order valence-electron chi connectivity index (χ0n) is 17.6. The standard InChI is InChI=1S/C22H20ClF4N5O/c1-11-30-19-14(20(31-11)32-5-2-3-21(10-32)4-6-33-21)9-29-18(17(19)24)13-7-12(28)8-15(23)16(13)22(25,26)27/h7-9H,2-6,10,28H2,1H3. The molecule has 6 nitrogen and oxygen atoms in total. The van der Waals surface area contributed by atoms with E-state index in [0.717, 1.165) is 31.4 Å². The quantitative estimate of drug-likeness (QED) is 0.403. The van der Waals surface area contributed by atoms with E-state index < -0.39 is 33.8 Å². The van der Waals surface area contributed by atoms with Gasteiger partial charge in [-0.1, -0.05) is 11.6 Å². The number of fused-ring (bicyclic) bond motifs is 1. The Morgan fingerprint density at radius 2 is 1.97 bits per heavy atom. The summed E-state index contributed by atoms with van der Waals surface area (Å²) in [5.74, 6) is -0.200. The lowest BCUT2D eigenvalue weighted by Gasteiger charge is -2.48. The van der Waals surface area contributed by atoms with Crippen molar-refractivity contribution in [1.82, 2.24) is 15.0 Å². The lowest BCUT2D eigenvalue weighted by molar-refractivity contribution is -0.151. The minimum absolute atomic E-state index is 0.0389. The number of nitrogen functional groups attached to an aromatic ring is 1. The average Bonchev–Trinajstić information content (AvgIpc) is 2.71. The van der Waals surface area contributed by atoms with Gasteiger partial charge in [0.25, 0.3) is 0 Å². The van der Waals surface area contributed by atoms with E-state index in [4.69, 9.17) is 22.1 Å². The van der Waals surface area contributed by atoms with E-state index in [-0.39, 0.29) is 16.8 Å². The Morgan fingerprint density at radius 3 is 2.64 bits per heavy atom. The highest BCUT2D eigenvalue weighted by Gasteiger charge is 2.43. The minimum Gasteiger partial charge on any atom is -0.399 e. The van der Waals surface area contributed by atoms with E-state index in [0.29, 0.717) is 36.7 Å². The Labute approximate surface area is 191 Å². The van der Waals surface area contributed by atoms with Gasteiger partial charge in [-0.05, 0) is 31.9 Å². The molecule has 2 saturated heterocycles. The van der Waals surface area contributed by atoms with Gasteiger partial charge in [-0.25, -0.2) is 14.4 Å². The lowest BCUT2D eigenvalue weighted by atomic mass is 9.86. The van der Waals surface area contributed by atoms with E-state index >= 15 is 4.39 Å². The number of anilines is 2. The first-order chi connectivity index (χ1) is 15.6. The van der Waals surface area contributed by atoms with Crippen molar-refractivity contribution in [2.75, 3.05) is 30.3 Å². The minimum atomic E-state index is -4.83. The molecule has 5 rings (SSSR count). The number of benzene rings is 1. The van der Waals surface area contributed by atoms with Crippen molar-refractivity contribution < 1.29 is 22.3 Å². The summed E-state index contributed by atoms with van der Waals surface area (Å²) in [4.78, 5) is 14.8. The predicted octanol–water partition coefficient (Wildman–Crippen LogP) is 5.15. The van der Waals surface area contributed by atoms with Crippen molar-refractivity contribution in [2.24, 2.45) is 0 Å². The van der Waals surface area contributed by atoms with Gasteiger partial charge in [0.15, 0.2) is 5.82 Å². The first-order valence-corrected chi connectivity index (χ1v) is 10.8. The molecule has 11 heteroatoms. The summed E-state index contributed by atoms with van der Waals surface area (Å²) >= 11 is 5.84. The number of pyridine rings is 1. The Kier molecular flexibility index (Phi) is 5.13. The normalized spacial score (nSPS) is 21.0. The van der Waals surface area contributed by atoms with Crippen molar-refractivity contribution >= 4 is 34.0 Å². The van der Waals surface area contributed by atoms with Crippen molar-refractivity contribution in [3.8, 4) is 11.3 Å². The second-order valence-electron chi connectivity index (χ2n) is 8.51. The maximum Gasteiger partial charge on any atom is 0.418 e. The van der Waals surface area contributed by atoms with Crippen molar-refractivity contribution in [3.63, 3.8) is 0 Å². The van der Waals surface area contributed by atoms with Crippen LogP contribution in [-0.2, 0) is 10.9 Å². The molecule has 0 saturated carbocycles. The van der Waals surface area contributed by atoms with Crippen LogP contribution >= 0.6 is 11.6 Å². The Morgan fingerprint density at radius 1 is 1.21 bits per heavy atom. The number of nitrogens with two attached hydrogens (primary N) is 1. The number of nitrogens with zero attached hydrogens (tertiary/aromatic N) is 4. The topological polar surface area (TPSA) is 77.2 Å². The van der Waals surface area contributed by atoms with E-state index in [2.05, 4.69) is 15.0 Å². The van der Waals surface area contributed by atoms with Crippen LogP contribution in [0.4, 0.5) is 29.1 Å². The Balaban J connectivity index is 1.68. The third-order valence-electron chi connectivity index (χ3n) is 6.23. The predicted molar refractivity (Wildman–Crippen MR) is 117 cm³/mol. The molecule has 1 spiro atoms. The second-order valence-corrected chi connectivity index (χ2v) is 8.91. The van der Waals surface area contributed by atoms with Gasteiger partial charge < -0.3 is 15.4 Å². The first kappa shape index (κ1) is 22.1.